The molecule has 2 rings (SSSR count). The van der Waals surface area contributed by atoms with Gasteiger partial charge in [0.1, 0.15) is 0 Å². The molecule has 1 aromatic rings. The quantitative estimate of drug-likeness (QED) is 0.516. The summed E-state index contributed by atoms with van der Waals surface area (Å²) in [5, 5.41) is 6.86. The maximum absolute atomic E-state index is 4.77. The van der Waals surface area contributed by atoms with Crippen LogP contribution in [0.3, 0.4) is 0 Å². The van der Waals surface area contributed by atoms with Crippen LogP contribution in [-0.2, 0) is 13.1 Å². The molecule has 152 valence electrons. The van der Waals surface area contributed by atoms with E-state index in [-0.39, 0.29) is 5.41 Å². The summed E-state index contributed by atoms with van der Waals surface area (Å²) in [6.07, 6.45) is 2.69. The monoisotopic (exact) mass is 373 g/mol. The summed E-state index contributed by atoms with van der Waals surface area (Å²) in [5.41, 5.74) is 2.85. The first-order chi connectivity index (χ1) is 12.9. The summed E-state index contributed by atoms with van der Waals surface area (Å²) >= 11 is 0. The van der Waals surface area contributed by atoms with Gasteiger partial charge in [0.05, 0.1) is 6.54 Å². The highest BCUT2D eigenvalue weighted by molar-refractivity contribution is 5.79. The molecule has 5 nitrogen and oxygen atoms in total. The van der Waals surface area contributed by atoms with Gasteiger partial charge in [0.25, 0.3) is 0 Å². The molecule has 0 amide bonds. The van der Waals surface area contributed by atoms with Gasteiger partial charge in [-0.05, 0) is 63.5 Å². The molecule has 0 spiro atoms. The van der Waals surface area contributed by atoms with Gasteiger partial charge >= 0.3 is 0 Å². The second-order valence-electron chi connectivity index (χ2n) is 8.75. The minimum absolute atomic E-state index is 0.191. The number of hydrogen-bond donors (Lipinski definition) is 2. The molecule has 0 aliphatic carbocycles. The third-order valence-corrected chi connectivity index (χ3v) is 4.87. The first-order valence-corrected chi connectivity index (χ1v) is 10.3. The van der Waals surface area contributed by atoms with Gasteiger partial charge in [-0.25, -0.2) is 4.99 Å². The number of hydrogen-bond acceptors (Lipinski definition) is 3. The molecule has 0 aromatic heterocycles. The van der Waals surface area contributed by atoms with E-state index >= 15 is 0 Å². The molecule has 0 bridgehead atoms. The molecule has 1 aromatic carbocycles. The summed E-state index contributed by atoms with van der Waals surface area (Å²) < 4.78 is 0. The number of rotatable bonds is 9. The molecule has 0 radical (unpaired) electrons. The lowest BCUT2D eigenvalue weighted by Crippen LogP contribution is -2.44. The summed E-state index contributed by atoms with van der Waals surface area (Å²) in [4.78, 5) is 9.54. The predicted molar refractivity (Wildman–Crippen MR) is 116 cm³/mol. The van der Waals surface area contributed by atoms with Gasteiger partial charge < -0.3 is 15.5 Å². The second kappa shape index (κ2) is 10.7. The Morgan fingerprint density at radius 3 is 2.30 bits per heavy atom. The van der Waals surface area contributed by atoms with Crippen LogP contribution in [0.2, 0.25) is 0 Å². The molecule has 0 atom stereocenters. The average Bonchev–Trinajstić information content (AvgIpc) is 3.10. The van der Waals surface area contributed by atoms with Gasteiger partial charge in [-0.3, -0.25) is 4.90 Å². The number of likely N-dealkylation sites (tertiary alicyclic amines) is 1. The van der Waals surface area contributed by atoms with Crippen LogP contribution in [0.1, 0.15) is 44.7 Å². The molecule has 2 N–H and O–H groups in total. The summed E-state index contributed by atoms with van der Waals surface area (Å²) in [5.74, 6) is 0.894. The average molecular weight is 374 g/mol. The molecule has 1 saturated heterocycles. The van der Waals surface area contributed by atoms with Gasteiger partial charge in [-0.2, -0.15) is 0 Å². The number of guanidine groups is 1. The largest absolute Gasteiger partial charge is 0.357 e. The fourth-order valence-electron chi connectivity index (χ4n) is 3.70. The molecule has 1 fully saturated rings. The Bertz CT molecular complexity index is 571. The van der Waals surface area contributed by atoms with Crippen molar-refractivity contribution in [3.63, 3.8) is 0 Å². The molecule has 1 heterocycles. The molecule has 27 heavy (non-hydrogen) atoms. The molecular formula is C22H39N5. The van der Waals surface area contributed by atoms with E-state index in [9.17, 15) is 0 Å². The molecule has 0 saturated carbocycles. The Morgan fingerprint density at radius 2 is 1.70 bits per heavy atom. The van der Waals surface area contributed by atoms with Crippen molar-refractivity contribution in [2.24, 2.45) is 10.4 Å². The highest BCUT2D eigenvalue weighted by Gasteiger charge is 2.19. The molecule has 5 heteroatoms. The van der Waals surface area contributed by atoms with Crippen LogP contribution in [0, 0.1) is 5.41 Å². The Labute approximate surface area is 166 Å². The Morgan fingerprint density at radius 1 is 1.07 bits per heavy atom. The highest BCUT2D eigenvalue weighted by Crippen LogP contribution is 2.15. The topological polar surface area (TPSA) is 42.9 Å². The number of nitrogens with zero attached hydrogens (tertiary/aromatic N) is 3. The van der Waals surface area contributed by atoms with Crippen molar-refractivity contribution in [3.8, 4) is 0 Å². The molecule has 0 unspecified atom stereocenters. The van der Waals surface area contributed by atoms with E-state index in [1.165, 1.54) is 37.1 Å². The van der Waals surface area contributed by atoms with Crippen molar-refractivity contribution in [1.29, 1.82) is 0 Å². The first kappa shape index (κ1) is 21.7. The zero-order valence-corrected chi connectivity index (χ0v) is 18.0. The van der Waals surface area contributed by atoms with Gasteiger partial charge in [-0.15, -0.1) is 0 Å². The third-order valence-electron chi connectivity index (χ3n) is 4.87. The van der Waals surface area contributed by atoms with Gasteiger partial charge in [-0.1, -0.05) is 38.1 Å². The van der Waals surface area contributed by atoms with Crippen LogP contribution in [0.25, 0.3) is 0 Å². The fourth-order valence-corrected chi connectivity index (χ4v) is 3.70. The van der Waals surface area contributed by atoms with Crippen molar-refractivity contribution in [3.05, 3.63) is 35.4 Å². The van der Waals surface area contributed by atoms with Gasteiger partial charge in [0.15, 0.2) is 5.96 Å². The minimum atomic E-state index is 0.191. The number of nitrogens with one attached hydrogen (secondary N) is 2. The lowest BCUT2D eigenvalue weighted by Gasteiger charge is -2.29. The van der Waals surface area contributed by atoms with Crippen LogP contribution in [0.15, 0.2) is 29.3 Å². The van der Waals surface area contributed by atoms with Crippen LogP contribution in [0.5, 0.6) is 0 Å². The Hall–Kier alpha value is -1.59. The molecule has 1 aliphatic rings. The minimum Gasteiger partial charge on any atom is -0.357 e. The van der Waals surface area contributed by atoms with E-state index < -0.39 is 0 Å². The van der Waals surface area contributed by atoms with Crippen molar-refractivity contribution in [2.45, 2.75) is 46.7 Å². The van der Waals surface area contributed by atoms with Crippen LogP contribution < -0.4 is 10.6 Å². The van der Waals surface area contributed by atoms with Crippen molar-refractivity contribution < 1.29 is 0 Å². The summed E-state index contributed by atoms with van der Waals surface area (Å²) in [6, 6.07) is 8.94. The maximum atomic E-state index is 4.77. The standard InChI is InChI=1S/C22H39N5/c1-6-23-21(25-17-22(2,3)18-26(4)5)24-15-19-9-11-20(12-10-19)16-27-13-7-8-14-27/h9-12H,6-8,13-18H2,1-5H3,(H2,23,24,25). The van der Waals surface area contributed by atoms with Crippen molar-refractivity contribution in [1.82, 2.24) is 20.4 Å². The number of benzene rings is 1. The van der Waals surface area contributed by atoms with Crippen molar-refractivity contribution >= 4 is 5.96 Å². The lowest BCUT2D eigenvalue weighted by molar-refractivity contribution is 0.241. The smallest absolute Gasteiger partial charge is 0.191 e. The number of aliphatic imine (C=N–C) groups is 1. The fraction of sp³-hybridized carbons (Fsp3) is 0.682. The van der Waals surface area contributed by atoms with E-state index in [4.69, 9.17) is 4.99 Å². The zero-order chi connectivity index (χ0) is 19.7. The SMILES string of the molecule is CCNC(=NCc1ccc(CN2CCCC2)cc1)NCC(C)(C)CN(C)C. The predicted octanol–water partition coefficient (Wildman–Crippen LogP) is 2.93. The zero-order valence-electron chi connectivity index (χ0n) is 18.0. The summed E-state index contributed by atoms with van der Waals surface area (Å²) in [6.45, 7) is 13.7. The molecular weight excluding hydrogens is 334 g/mol. The normalized spacial score (nSPS) is 16.1. The summed E-state index contributed by atoms with van der Waals surface area (Å²) in [7, 11) is 4.24. The Balaban J connectivity index is 1.87. The van der Waals surface area contributed by atoms with Crippen LogP contribution >= 0.6 is 0 Å². The third kappa shape index (κ3) is 8.31. The van der Waals surface area contributed by atoms with E-state index in [1.54, 1.807) is 0 Å². The van der Waals surface area contributed by atoms with Crippen molar-refractivity contribution in [2.75, 3.05) is 46.8 Å². The van der Waals surface area contributed by atoms with E-state index in [0.717, 1.165) is 32.1 Å². The van der Waals surface area contributed by atoms with E-state index in [2.05, 4.69) is 79.6 Å². The van der Waals surface area contributed by atoms with E-state index in [1.807, 2.05) is 0 Å². The first-order valence-electron chi connectivity index (χ1n) is 10.3. The van der Waals surface area contributed by atoms with E-state index in [0.29, 0.717) is 6.54 Å². The Kier molecular flexibility index (Phi) is 8.58. The van der Waals surface area contributed by atoms with Crippen LogP contribution in [0.4, 0.5) is 0 Å². The second-order valence-corrected chi connectivity index (χ2v) is 8.75. The van der Waals surface area contributed by atoms with Crippen LogP contribution in [-0.4, -0.2) is 62.6 Å². The highest BCUT2D eigenvalue weighted by atomic mass is 15.2. The van der Waals surface area contributed by atoms with Gasteiger partial charge in [0.2, 0.25) is 0 Å². The van der Waals surface area contributed by atoms with Gasteiger partial charge in [0, 0.05) is 26.2 Å². The molecule has 1 aliphatic heterocycles. The maximum Gasteiger partial charge on any atom is 0.191 e. The lowest BCUT2D eigenvalue weighted by atomic mass is 9.93.